The third-order valence-electron chi connectivity index (χ3n) is 4.82. The summed E-state index contributed by atoms with van der Waals surface area (Å²) in [6, 6.07) is 6.16. The van der Waals surface area contributed by atoms with E-state index in [1.165, 1.54) is 12.1 Å². The van der Waals surface area contributed by atoms with Crippen LogP contribution in [0.5, 0.6) is 0 Å². The Balaban J connectivity index is 1.86. The molecule has 5 nitrogen and oxygen atoms in total. The van der Waals surface area contributed by atoms with Crippen LogP contribution in [0.15, 0.2) is 24.3 Å². The maximum Gasteiger partial charge on any atom is 0.334 e. The molecular weight excluding hydrogens is 301 g/mol. The lowest BCUT2D eigenvalue weighted by Gasteiger charge is -2.46. The second kappa shape index (κ2) is 5.92. The van der Waals surface area contributed by atoms with Gasteiger partial charge in [-0.1, -0.05) is 18.6 Å². The molecule has 1 aliphatic heterocycles. The normalized spacial score (nSPS) is 26.4. The summed E-state index contributed by atoms with van der Waals surface area (Å²) in [5.74, 6) is -1.54. The van der Waals surface area contributed by atoms with Gasteiger partial charge in [0, 0.05) is 6.54 Å². The topological polar surface area (TPSA) is 66.8 Å². The molecule has 23 heavy (non-hydrogen) atoms. The number of hydrogen-bond acceptors (Lipinski definition) is 3. The standard InChI is InChI=1S/C17H20FNO4/c1-11-9-19(10-14(23-11)15(20)21)16(22)17(6-3-7-17)12-4-2-5-13(18)8-12/h2,4-5,8,11,14H,3,6-7,9-10H2,1H3,(H,20,21)/t11-,14?/m1/s1. The Hall–Kier alpha value is -1.95. The zero-order valence-corrected chi connectivity index (χ0v) is 13.0. The van der Waals surface area contributed by atoms with E-state index in [2.05, 4.69) is 0 Å². The van der Waals surface area contributed by atoms with Gasteiger partial charge < -0.3 is 14.7 Å². The van der Waals surface area contributed by atoms with E-state index in [1.807, 2.05) is 0 Å². The van der Waals surface area contributed by atoms with Crippen LogP contribution in [-0.2, 0) is 19.7 Å². The molecule has 1 amide bonds. The number of carbonyl (C=O) groups excluding carboxylic acids is 1. The van der Waals surface area contributed by atoms with Crippen molar-refractivity contribution in [3.05, 3.63) is 35.6 Å². The fourth-order valence-corrected chi connectivity index (χ4v) is 3.50. The summed E-state index contributed by atoms with van der Waals surface area (Å²) in [6.07, 6.45) is 0.896. The van der Waals surface area contributed by atoms with Crippen LogP contribution in [0.3, 0.4) is 0 Å². The number of ether oxygens (including phenoxy) is 1. The smallest absolute Gasteiger partial charge is 0.334 e. The van der Waals surface area contributed by atoms with Crippen molar-refractivity contribution in [3.63, 3.8) is 0 Å². The van der Waals surface area contributed by atoms with Crippen LogP contribution in [0.4, 0.5) is 4.39 Å². The first-order chi connectivity index (χ1) is 10.9. The van der Waals surface area contributed by atoms with Gasteiger partial charge in [-0.3, -0.25) is 4.79 Å². The number of carboxylic acid groups (broad SMARTS) is 1. The van der Waals surface area contributed by atoms with Crippen molar-refractivity contribution in [2.75, 3.05) is 13.1 Å². The van der Waals surface area contributed by atoms with Gasteiger partial charge in [-0.15, -0.1) is 0 Å². The number of benzene rings is 1. The molecule has 1 aliphatic carbocycles. The first-order valence-electron chi connectivity index (χ1n) is 7.86. The third-order valence-corrected chi connectivity index (χ3v) is 4.82. The van der Waals surface area contributed by atoms with Gasteiger partial charge in [-0.25, -0.2) is 9.18 Å². The highest BCUT2D eigenvalue weighted by Crippen LogP contribution is 2.45. The number of morpholine rings is 1. The highest BCUT2D eigenvalue weighted by Gasteiger charge is 2.49. The van der Waals surface area contributed by atoms with Crippen molar-refractivity contribution in [3.8, 4) is 0 Å². The zero-order valence-electron chi connectivity index (χ0n) is 13.0. The molecule has 0 spiro atoms. The Bertz CT molecular complexity index is 629. The molecule has 1 aromatic carbocycles. The number of carboxylic acids is 1. The van der Waals surface area contributed by atoms with Crippen molar-refractivity contribution in [2.45, 2.75) is 43.8 Å². The van der Waals surface area contributed by atoms with Crippen LogP contribution in [0.2, 0.25) is 0 Å². The van der Waals surface area contributed by atoms with Gasteiger partial charge in [-0.2, -0.15) is 0 Å². The summed E-state index contributed by atoms with van der Waals surface area (Å²) in [6.45, 7) is 2.15. The molecule has 2 atom stereocenters. The summed E-state index contributed by atoms with van der Waals surface area (Å²) < 4.78 is 18.9. The molecule has 6 heteroatoms. The lowest BCUT2D eigenvalue weighted by atomic mass is 9.63. The average Bonchev–Trinajstić information content (AvgIpc) is 2.45. The van der Waals surface area contributed by atoms with Crippen molar-refractivity contribution < 1.29 is 23.8 Å². The van der Waals surface area contributed by atoms with Gasteiger partial charge in [0.15, 0.2) is 6.10 Å². The van der Waals surface area contributed by atoms with Crippen molar-refractivity contribution >= 4 is 11.9 Å². The monoisotopic (exact) mass is 321 g/mol. The first kappa shape index (κ1) is 15.9. The van der Waals surface area contributed by atoms with Gasteiger partial charge in [0.1, 0.15) is 5.82 Å². The largest absolute Gasteiger partial charge is 0.479 e. The van der Waals surface area contributed by atoms with E-state index in [0.29, 0.717) is 24.9 Å². The van der Waals surface area contributed by atoms with E-state index in [4.69, 9.17) is 4.74 Å². The van der Waals surface area contributed by atoms with Gasteiger partial charge in [0.25, 0.3) is 0 Å². The maximum atomic E-state index is 13.6. The van der Waals surface area contributed by atoms with Gasteiger partial charge in [0.2, 0.25) is 5.91 Å². The molecule has 1 unspecified atom stereocenters. The molecular formula is C17H20FNO4. The predicted octanol–water partition coefficient (Wildman–Crippen LogP) is 1.95. The number of halogens is 1. The molecule has 3 rings (SSSR count). The van der Waals surface area contributed by atoms with Gasteiger partial charge >= 0.3 is 5.97 Å². The average molecular weight is 321 g/mol. The van der Waals surface area contributed by atoms with Crippen molar-refractivity contribution in [2.24, 2.45) is 0 Å². The third kappa shape index (κ3) is 2.83. The fourth-order valence-electron chi connectivity index (χ4n) is 3.50. The molecule has 1 aromatic rings. The Morgan fingerprint density at radius 1 is 1.35 bits per heavy atom. The summed E-state index contributed by atoms with van der Waals surface area (Å²) in [5.41, 5.74) is -0.0397. The Morgan fingerprint density at radius 3 is 2.65 bits per heavy atom. The second-order valence-corrected chi connectivity index (χ2v) is 6.43. The SMILES string of the molecule is C[C@@H]1CN(C(=O)C2(c3cccc(F)c3)CCC2)CC(C(=O)O)O1. The van der Waals surface area contributed by atoms with Crippen LogP contribution in [0.1, 0.15) is 31.7 Å². The summed E-state index contributed by atoms with van der Waals surface area (Å²) in [7, 11) is 0. The quantitative estimate of drug-likeness (QED) is 0.924. The summed E-state index contributed by atoms with van der Waals surface area (Å²) in [5, 5.41) is 9.17. The van der Waals surface area contributed by atoms with Crippen LogP contribution in [0, 0.1) is 5.82 Å². The van der Waals surface area contributed by atoms with Crippen molar-refractivity contribution in [1.82, 2.24) is 4.90 Å². The molecule has 0 aromatic heterocycles. The zero-order chi connectivity index (χ0) is 16.6. The lowest BCUT2D eigenvalue weighted by Crippen LogP contribution is -2.58. The summed E-state index contributed by atoms with van der Waals surface area (Å²) in [4.78, 5) is 25.9. The predicted molar refractivity (Wildman–Crippen MR) is 80.5 cm³/mol. The fraction of sp³-hybridized carbons (Fsp3) is 0.529. The minimum Gasteiger partial charge on any atom is -0.479 e. The lowest BCUT2D eigenvalue weighted by molar-refractivity contribution is -0.169. The Kier molecular flexibility index (Phi) is 4.10. The number of nitrogens with zero attached hydrogens (tertiary/aromatic N) is 1. The molecule has 2 fully saturated rings. The molecule has 1 N–H and O–H groups in total. The highest BCUT2D eigenvalue weighted by molar-refractivity contribution is 5.90. The van der Waals surface area contributed by atoms with Gasteiger partial charge in [0.05, 0.1) is 18.1 Å². The number of carbonyl (C=O) groups is 2. The van der Waals surface area contributed by atoms with E-state index in [0.717, 1.165) is 6.42 Å². The minimum absolute atomic E-state index is 0.0373. The van der Waals surface area contributed by atoms with Gasteiger partial charge in [-0.05, 0) is 37.5 Å². The minimum atomic E-state index is -1.07. The van der Waals surface area contributed by atoms with E-state index in [9.17, 15) is 19.1 Å². The van der Waals surface area contributed by atoms with Crippen LogP contribution >= 0.6 is 0 Å². The van der Waals surface area contributed by atoms with Crippen LogP contribution < -0.4 is 0 Å². The maximum absolute atomic E-state index is 13.6. The van der Waals surface area contributed by atoms with E-state index in [-0.39, 0.29) is 24.4 Å². The number of amides is 1. The molecule has 1 heterocycles. The molecule has 1 saturated carbocycles. The van der Waals surface area contributed by atoms with Crippen molar-refractivity contribution in [1.29, 1.82) is 0 Å². The number of hydrogen-bond donors (Lipinski definition) is 1. The number of rotatable bonds is 3. The molecule has 124 valence electrons. The molecule has 2 aliphatic rings. The first-order valence-corrected chi connectivity index (χ1v) is 7.86. The molecule has 0 bridgehead atoms. The highest BCUT2D eigenvalue weighted by atomic mass is 19.1. The summed E-state index contributed by atoms with van der Waals surface area (Å²) >= 11 is 0. The number of aliphatic carboxylic acids is 1. The second-order valence-electron chi connectivity index (χ2n) is 6.43. The Labute approximate surface area is 134 Å². The van der Waals surface area contributed by atoms with E-state index in [1.54, 1.807) is 24.0 Å². The van der Waals surface area contributed by atoms with E-state index < -0.39 is 17.5 Å². The van der Waals surface area contributed by atoms with Crippen LogP contribution in [-0.4, -0.2) is 47.2 Å². The Morgan fingerprint density at radius 2 is 2.09 bits per heavy atom. The molecule has 0 radical (unpaired) electrons. The van der Waals surface area contributed by atoms with Crippen LogP contribution in [0.25, 0.3) is 0 Å². The molecule has 1 saturated heterocycles. The van der Waals surface area contributed by atoms with E-state index >= 15 is 0 Å².